The van der Waals surface area contributed by atoms with E-state index in [1.165, 1.54) is 12.2 Å². The highest BCUT2D eigenvalue weighted by Crippen LogP contribution is 2.26. The van der Waals surface area contributed by atoms with E-state index in [0.29, 0.717) is 17.3 Å². The Morgan fingerprint density at radius 2 is 1.47 bits per heavy atom. The number of amides is 1. The van der Waals surface area contributed by atoms with Crippen molar-refractivity contribution in [1.29, 1.82) is 0 Å². The molecule has 1 aromatic heterocycles. The largest absolute Gasteiger partial charge is 0.497 e. The quantitative estimate of drug-likeness (QED) is 0.403. The van der Waals surface area contributed by atoms with E-state index in [4.69, 9.17) is 18.6 Å². The Morgan fingerprint density at radius 3 is 1.94 bits per heavy atom. The molecule has 2 aromatic carbocycles. The topological polar surface area (TPSA) is 87.0 Å². The van der Waals surface area contributed by atoms with Crippen LogP contribution in [0.3, 0.4) is 0 Å². The van der Waals surface area contributed by atoms with Crippen LogP contribution in [0.1, 0.15) is 28.7 Å². The van der Waals surface area contributed by atoms with E-state index in [1.54, 1.807) is 26.4 Å². The number of hydrogen-bond acceptors (Lipinski definition) is 6. The van der Waals surface area contributed by atoms with Crippen LogP contribution in [-0.2, 0) is 14.3 Å². The smallest absolute Gasteiger partial charge is 0.331 e. The summed E-state index contributed by atoms with van der Waals surface area (Å²) in [6.45, 7) is 1.39. The number of benzene rings is 2. The first kappa shape index (κ1) is 22.7. The number of hydrogen-bond donors (Lipinski definition) is 1. The normalized spacial score (nSPS) is 10.9. The van der Waals surface area contributed by atoms with Crippen LogP contribution in [-0.4, -0.2) is 32.7 Å². The van der Waals surface area contributed by atoms with Gasteiger partial charge in [-0.25, -0.2) is 4.79 Å². The Bertz CT molecular complexity index is 1020. The molecule has 0 radical (unpaired) electrons. The molecular formula is C25H25NO6. The predicted molar refractivity (Wildman–Crippen MR) is 119 cm³/mol. The van der Waals surface area contributed by atoms with Crippen molar-refractivity contribution in [3.8, 4) is 11.5 Å². The maximum atomic E-state index is 12.5. The summed E-state index contributed by atoms with van der Waals surface area (Å²) >= 11 is 0. The van der Waals surface area contributed by atoms with Crippen LogP contribution < -0.4 is 14.8 Å². The third-order valence-electron chi connectivity index (χ3n) is 4.69. The molecule has 1 heterocycles. The maximum Gasteiger partial charge on any atom is 0.331 e. The Hall–Kier alpha value is -4.00. The molecule has 1 amide bonds. The van der Waals surface area contributed by atoms with Crippen LogP contribution in [0.5, 0.6) is 11.5 Å². The Morgan fingerprint density at radius 1 is 0.906 bits per heavy atom. The number of nitrogens with one attached hydrogen (secondary N) is 1. The SMILES string of the molecule is COc1ccc(C(NC(=O)COC(=O)/C=C/c2ccc(C)o2)c2ccc(OC)cc2)cc1. The van der Waals surface area contributed by atoms with Gasteiger partial charge < -0.3 is 23.9 Å². The van der Waals surface area contributed by atoms with Gasteiger partial charge in [0.1, 0.15) is 23.0 Å². The molecule has 0 unspecified atom stereocenters. The second kappa shape index (κ2) is 10.9. The molecule has 0 spiro atoms. The van der Waals surface area contributed by atoms with E-state index in [2.05, 4.69) is 5.32 Å². The molecule has 32 heavy (non-hydrogen) atoms. The number of methoxy groups -OCH3 is 2. The summed E-state index contributed by atoms with van der Waals surface area (Å²) in [7, 11) is 3.18. The second-order valence-corrected chi connectivity index (χ2v) is 6.94. The van der Waals surface area contributed by atoms with Crippen LogP contribution in [0.4, 0.5) is 0 Å². The molecule has 7 heteroatoms. The lowest BCUT2D eigenvalue weighted by atomic mass is 9.98. The Kier molecular flexibility index (Phi) is 7.70. The number of esters is 1. The number of rotatable bonds is 9. The highest BCUT2D eigenvalue weighted by atomic mass is 16.5. The lowest BCUT2D eigenvalue weighted by molar-refractivity contribution is -0.143. The molecular weight excluding hydrogens is 410 g/mol. The third-order valence-corrected chi connectivity index (χ3v) is 4.69. The summed E-state index contributed by atoms with van der Waals surface area (Å²) in [6, 6.07) is 17.8. The Labute approximate surface area is 186 Å². The molecule has 0 saturated carbocycles. The van der Waals surface area contributed by atoms with E-state index in [0.717, 1.165) is 16.9 Å². The first-order valence-corrected chi connectivity index (χ1v) is 9.97. The minimum atomic E-state index is -0.639. The van der Waals surface area contributed by atoms with Gasteiger partial charge in [-0.05, 0) is 60.5 Å². The zero-order valence-electron chi connectivity index (χ0n) is 18.2. The van der Waals surface area contributed by atoms with Gasteiger partial charge in [-0.15, -0.1) is 0 Å². The average molecular weight is 435 g/mol. The molecule has 7 nitrogen and oxygen atoms in total. The van der Waals surface area contributed by atoms with Crippen molar-refractivity contribution in [1.82, 2.24) is 5.32 Å². The fraction of sp³-hybridized carbons (Fsp3) is 0.200. The fourth-order valence-electron chi connectivity index (χ4n) is 3.03. The monoisotopic (exact) mass is 435 g/mol. The molecule has 0 aliphatic rings. The number of aryl methyl sites for hydroxylation is 1. The minimum absolute atomic E-state index is 0.414. The molecule has 3 aromatic rings. The number of carbonyl (C=O) groups excluding carboxylic acids is 2. The number of carbonyl (C=O) groups is 2. The van der Waals surface area contributed by atoms with E-state index >= 15 is 0 Å². The molecule has 166 valence electrons. The zero-order valence-corrected chi connectivity index (χ0v) is 18.2. The molecule has 0 atom stereocenters. The van der Waals surface area contributed by atoms with Gasteiger partial charge in [0.25, 0.3) is 5.91 Å². The summed E-state index contributed by atoms with van der Waals surface area (Å²) in [6.07, 6.45) is 2.71. The molecule has 0 saturated heterocycles. The van der Waals surface area contributed by atoms with Gasteiger partial charge in [0.05, 0.1) is 20.3 Å². The summed E-state index contributed by atoms with van der Waals surface area (Å²) in [5, 5.41) is 2.92. The molecule has 0 fully saturated rings. The molecule has 0 bridgehead atoms. The van der Waals surface area contributed by atoms with Gasteiger partial charge in [-0.2, -0.15) is 0 Å². The van der Waals surface area contributed by atoms with Gasteiger partial charge in [-0.3, -0.25) is 4.79 Å². The maximum absolute atomic E-state index is 12.5. The average Bonchev–Trinajstić information content (AvgIpc) is 3.25. The predicted octanol–water partition coefficient (Wildman–Crippen LogP) is 4.07. The van der Waals surface area contributed by atoms with E-state index in [-0.39, 0.29) is 0 Å². The fourth-order valence-corrected chi connectivity index (χ4v) is 3.03. The van der Waals surface area contributed by atoms with Gasteiger partial charge in [-0.1, -0.05) is 24.3 Å². The van der Waals surface area contributed by atoms with Crippen molar-refractivity contribution in [2.24, 2.45) is 0 Å². The van der Waals surface area contributed by atoms with Crippen molar-refractivity contribution >= 4 is 18.0 Å². The van der Waals surface area contributed by atoms with Gasteiger partial charge in [0.2, 0.25) is 0 Å². The summed E-state index contributed by atoms with van der Waals surface area (Å²) in [4.78, 5) is 24.5. The standard InChI is InChI=1S/C25H25NO6/c1-17-4-9-22(32-17)14-15-24(28)31-16-23(27)26-25(18-5-10-20(29-2)11-6-18)19-7-12-21(30-3)13-8-19/h4-15,25H,16H2,1-3H3,(H,26,27)/b15-14+. The van der Waals surface area contributed by atoms with Crippen LogP contribution in [0.2, 0.25) is 0 Å². The molecule has 0 aliphatic heterocycles. The summed E-state index contributed by atoms with van der Waals surface area (Å²) < 4.78 is 20.8. The van der Waals surface area contributed by atoms with E-state index in [1.807, 2.05) is 55.5 Å². The number of ether oxygens (including phenoxy) is 3. The van der Waals surface area contributed by atoms with Crippen LogP contribution in [0.15, 0.2) is 71.2 Å². The Balaban J connectivity index is 1.66. The van der Waals surface area contributed by atoms with Crippen molar-refractivity contribution in [3.63, 3.8) is 0 Å². The highest BCUT2D eigenvalue weighted by Gasteiger charge is 2.18. The van der Waals surface area contributed by atoms with Gasteiger partial charge >= 0.3 is 5.97 Å². The van der Waals surface area contributed by atoms with Crippen molar-refractivity contribution < 1.29 is 28.2 Å². The number of furan rings is 1. The third kappa shape index (κ3) is 6.25. The van der Waals surface area contributed by atoms with E-state index in [9.17, 15) is 9.59 Å². The van der Waals surface area contributed by atoms with Crippen molar-refractivity contribution in [2.75, 3.05) is 20.8 Å². The van der Waals surface area contributed by atoms with Crippen LogP contribution in [0.25, 0.3) is 6.08 Å². The van der Waals surface area contributed by atoms with E-state index < -0.39 is 24.5 Å². The van der Waals surface area contributed by atoms with Crippen molar-refractivity contribution in [3.05, 3.63) is 89.4 Å². The second-order valence-electron chi connectivity index (χ2n) is 6.94. The summed E-state index contributed by atoms with van der Waals surface area (Å²) in [5.41, 5.74) is 1.70. The zero-order chi connectivity index (χ0) is 22.9. The lowest BCUT2D eigenvalue weighted by Crippen LogP contribution is -2.33. The first-order chi connectivity index (χ1) is 15.5. The summed E-state index contributed by atoms with van der Waals surface area (Å²) in [5.74, 6) is 1.61. The first-order valence-electron chi connectivity index (χ1n) is 9.97. The lowest BCUT2D eigenvalue weighted by Gasteiger charge is -2.20. The molecule has 3 rings (SSSR count). The molecule has 1 N–H and O–H groups in total. The van der Waals surface area contributed by atoms with Crippen LogP contribution in [0, 0.1) is 6.92 Å². The van der Waals surface area contributed by atoms with Crippen molar-refractivity contribution in [2.45, 2.75) is 13.0 Å². The van der Waals surface area contributed by atoms with Crippen LogP contribution >= 0.6 is 0 Å². The van der Waals surface area contributed by atoms with Gasteiger partial charge in [0.15, 0.2) is 6.61 Å². The minimum Gasteiger partial charge on any atom is -0.497 e. The highest BCUT2D eigenvalue weighted by molar-refractivity contribution is 5.89. The van der Waals surface area contributed by atoms with Gasteiger partial charge in [0, 0.05) is 6.08 Å². The molecule has 0 aliphatic carbocycles.